The molecule has 1 atom stereocenters. The van der Waals surface area contributed by atoms with Gasteiger partial charge in [-0.1, -0.05) is 12.1 Å². The molecule has 3 aliphatic rings. The van der Waals surface area contributed by atoms with Gasteiger partial charge in [0.25, 0.3) is 0 Å². The van der Waals surface area contributed by atoms with Gasteiger partial charge in [0.2, 0.25) is 0 Å². The van der Waals surface area contributed by atoms with Crippen LogP contribution in [-0.4, -0.2) is 37.0 Å². The lowest BCUT2D eigenvalue weighted by molar-refractivity contribution is -0.157. The van der Waals surface area contributed by atoms with Crippen molar-refractivity contribution in [1.82, 2.24) is 0 Å². The predicted octanol–water partition coefficient (Wildman–Crippen LogP) is 3.00. The van der Waals surface area contributed by atoms with E-state index in [2.05, 4.69) is 0 Å². The third-order valence-electron chi connectivity index (χ3n) is 5.65. The number of ether oxygens (including phenoxy) is 2. The number of carbonyl (C=O) groups is 1. The zero-order chi connectivity index (χ0) is 15.1. The van der Waals surface area contributed by atoms with E-state index in [4.69, 9.17) is 14.6 Å². The molecular formula is C17H22O4. The van der Waals surface area contributed by atoms with E-state index in [1.807, 2.05) is 12.1 Å². The molecule has 3 aliphatic carbocycles. The maximum Gasteiger partial charge on any atom is 0.335 e. The van der Waals surface area contributed by atoms with Gasteiger partial charge < -0.3 is 14.6 Å². The largest absolute Gasteiger partial charge is 0.478 e. The average Bonchev–Trinajstić information content (AvgIpc) is 2.55. The van der Waals surface area contributed by atoms with Crippen LogP contribution in [-0.2, 0) is 14.9 Å². The SMILES string of the molecule is COC1CC2(OC)CCC1(c1ccc(C(=O)O)cc1)CC2. The number of fused-ring (bicyclic) bond motifs is 3. The van der Waals surface area contributed by atoms with Crippen molar-refractivity contribution in [3.05, 3.63) is 35.4 Å². The van der Waals surface area contributed by atoms with Crippen LogP contribution in [0, 0.1) is 0 Å². The highest BCUT2D eigenvalue weighted by atomic mass is 16.5. The van der Waals surface area contributed by atoms with Gasteiger partial charge in [0.05, 0.1) is 17.3 Å². The van der Waals surface area contributed by atoms with E-state index in [-0.39, 0.29) is 17.1 Å². The number of aromatic carboxylic acids is 1. The number of methoxy groups -OCH3 is 2. The zero-order valence-corrected chi connectivity index (χ0v) is 12.6. The quantitative estimate of drug-likeness (QED) is 0.926. The van der Waals surface area contributed by atoms with E-state index < -0.39 is 5.97 Å². The van der Waals surface area contributed by atoms with Gasteiger partial charge >= 0.3 is 5.97 Å². The Kier molecular flexibility index (Phi) is 3.54. The van der Waals surface area contributed by atoms with Crippen molar-refractivity contribution < 1.29 is 19.4 Å². The highest BCUT2D eigenvalue weighted by molar-refractivity contribution is 5.87. The van der Waals surface area contributed by atoms with Crippen molar-refractivity contribution in [2.75, 3.05) is 14.2 Å². The van der Waals surface area contributed by atoms with Crippen LogP contribution >= 0.6 is 0 Å². The van der Waals surface area contributed by atoms with Crippen LogP contribution < -0.4 is 0 Å². The van der Waals surface area contributed by atoms with E-state index in [0.717, 1.165) is 32.1 Å². The molecule has 1 N–H and O–H groups in total. The van der Waals surface area contributed by atoms with Gasteiger partial charge in [-0.25, -0.2) is 4.79 Å². The molecular weight excluding hydrogens is 268 g/mol. The Morgan fingerprint density at radius 2 is 1.76 bits per heavy atom. The normalized spacial score (nSPS) is 34.9. The first kappa shape index (κ1) is 14.5. The summed E-state index contributed by atoms with van der Waals surface area (Å²) in [6.45, 7) is 0. The summed E-state index contributed by atoms with van der Waals surface area (Å²) < 4.78 is 11.6. The molecule has 4 nitrogen and oxygen atoms in total. The molecule has 1 aromatic carbocycles. The van der Waals surface area contributed by atoms with Gasteiger partial charge in [0, 0.05) is 26.1 Å². The summed E-state index contributed by atoms with van der Waals surface area (Å²) in [5.74, 6) is -0.881. The third kappa shape index (κ3) is 2.17. The molecule has 0 heterocycles. The highest BCUT2D eigenvalue weighted by Crippen LogP contribution is 2.55. The second-order valence-corrected chi connectivity index (χ2v) is 6.35. The fourth-order valence-corrected chi connectivity index (χ4v) is 4.23. The van der Waals surface area contributed by atoms with Crippen molar-refractivity contribution in [3.8, 4) is 0 Å². The Morgan fingerprint density at radius 3 is 2.24 bits per heavy atom. The van der Waals surface area contributed by atoms with E-state index in [0.29, 0.717) is 5.56 Å². The number of hydrogen-bond acceptors (Lipinski definition) is 3. The van der Waals surface area contributed by atoms with Gasteiger partial charge in [-0.05, 0) is 43.4 Å². The van der Waals surface area contributed by atoms with Crippen LogP contribution in [0.3, 0.4) is 0 Å². The maximum absolute atomic E-state index is 11.0. The molecule has 0 radical (unpaired) electrons. The highest BCUT2D eigenvalue weighted by Gasteiger charge is 2.55. The van der Waals surface area contributed by atoms with E-state index in [9.17, 15) is 4.79 Å². The van der Waals surface area contributed by atoms with Gasteiger partial charge in [0.1, 0.15) is 0 Å². The smallest absolute Gasteiger partial charge is 0.335 e. The van der Waals surface area contributed by atoms with Gasteiger partial charge in [-0.2, -0.15) is 0 Å². The van der Waals surface area contributed by atoms with Crippen LogP contribution in [0.4, 0.5) is 0 Å². The molecule has 1 unspecified atom stereocenters. The average molecular weight is 290 g/mol. The van der Waals surface area contributed by atoms with Crippen LogP contribution in [0.5, 0.6) is 0 Å². The predicted molar refractivity (Wildman–Crippen MR) is 78.7 cm³/mol. The van der Waals surface area contributed by atoms with Crippen molar-refractivity contribution in [1.29, 1.82) is 0 Å². The van der Waals surface area contributed by atoms with Gasteiger partial charge in [0.15, 0.2) is 0 Å². The molecule has 0 aromatic heterocycles. The van der Waals surface area contributed by atoms with Crippen LogP contribution in [0.25, 0.3) is 0 Å². The lowest BCUT2D eigenvalue weighted by Gasteiger charge is -2.56. The molecule has 21 heavy (non-hydrogen) atoms. The first-order valence-electron chi connectivity index (χ1n) is 7.47. The minimum Gasteiger partial charge on any atom is -0.478 e. The lowest BCUT2D eigenvalue weighted by atomic mass is 9.54. The standard InChI is InChI=1S/C17H22O4/c1-20-14-11-16(21-2)7-9-17(14,10-8-16)13-5-3-12(4-6-13)15(18)19/h3-6,14H,7-11H2,1-2H3,(H,18,19). The minimum absolute atomic E-state index is 0.00602. The van der Waals surface area contributed by atoms with Crippen LogP contribution in [0.2, 0.25) is 0 Å². The first-order valence-corrected chi connectivity index (χ1v) is 7.47. The van der Waals surface area contributed by atoms with Crippen molar-refractivity contribution >= 4 is 5.97 Å². The Labute approximate surface area is 125 Å². The molecule has 114 valence electrons. The van der Waals surface area contributed by atoms with Crippen molar-refractivity contribution in [2.45, 2.75) is 49.2 Å². The maximum atomic E-state index is 11.0. The molecule has 0 amide bonds. The molecule has 3 fully saturated rings. The summed E-state index contributed by atoms with van der Waals surface area (Å²) in [6.07, 6.45) is 5.21. The molecule has 0 saturated heterocycles. The summed E-state index contributed by atoms with van der Waals surface area (Å²) in [7, 11) is 3.56. The molecule has 4 heteroatoms. The Bertz CT molecular complexity index is 526. The van der Waals surface area contributed by atoms with Crippen molar-refractivity contribution in [2.24, 2.45) is 0 Å². The fourth-order valence-electron chi connectivity index (χ4n) is 4.23. The van der Waals surface area contributed by atoms with Crippen molar-refractivity contribution in [3.63, 3.8) is 0 Å². The zero-order valence-electron chi connectivity index (χ0n) is 12.6. The number of rotatable bonds is 4. The Balaban J connectivity index is 1.94. The number of hydrogen-bond donors (Lipinski definition) is 1. The molecule has 2 bridgehead atoms. The van der Waals surface area contributed by atoms with Gasteiger partial charge in [-0.15, -0.1) is 0 Å². The Hall–Kier alpha value is -1.39. The van der Waals surface area contributed by atoms with Crippen LogP contribution in [0.15, 0.2) is 24.3 Å². The first-order chi connectivity index (χ1) is 10.1. The van der Waals surface area contributed by atoms with E-state index >= 15 is 0 Å². The summed E-state index contributed by atoms with van der Waals surface area (Å²) in [4.78, 5) is 11.0. The lowest BCUT2D eigenvalue weighted by Crippen LogP contribution is -2.58. The molecule has 0 spiro atoms. The van der Waals surface area contributed by atoms with Crippen LogP contribution in [0.1, 0.15) is 48.0 Å². The topological polar surface area (TPSA) is 55.8 Å². The molecule has 3 saturated carbocycles. The fraction of sp³-hybridized carbons (Fsp3) is 0.588. The summed E-state index contributed by atoms with van der Waals surface area (Å²) in [5, 5.41) is 9.04. The third-order valence-corrected chi connectivity index (χ3v) is 5.65. The minimum atomic E-state index is -0.881. The monoisotopic (exact) mass is 290 g/mol. The Morgan fingerprint density at radius 1 is 1.14 bits per heavy atom. The number of carboxylic acid groups (broad SMARTS) is 1. The van der Waals surface area contributed by atoms with E-state index in [1.54, 1.807) is 26.4 Å². The second-order valence-electron chi connectivity index (χ2n) is 6.35. The van der Waals surface area contributed by atoms with Gasteiger partial charge in [-0.3, -0.25) is 0 Å². The number of carboxylic acids is 1. The second kappa shape index (κ2) is 5.11. The molecule has 1 aromatic rings. The summed E-state index contributed by atoms with van der Waals surface area (Å²) in [6, 6.07) is 7.32. The van der Waals surface area contributed by atoms with E-state index in [1.165, 1.54) is 5.56 Å². The summed E-state index contributed by atoms with van der Waals surface area (Å²) >= 11 is 0. The molecule has 4 rings (SSSR count). The molecule has 0 aliphatic heterocycles. The summed E-state index contributed by atoms with van der Waals surface area (Å²) in [5.41, 5.74) is 1.51. The number of benzene rings is 1.